The number of nitrogens with zero attached hydrogens (tertiary/aromatic N) is 2. The van der Waals surface area contributed by atoms with Crippen molar-refractivity contribution < 1.29 is 4.79 Å². The van der Waals surface area contributed by atoms with Crippen LogP contribution in [0.25, 0.3) is 10.9 Å². The van der Waals surface area contributed by atoms with Crippen LogP contribution in [-0.4, -0.2) is 15.7 Å². The number of benzene rings is 2. The fourth-order valence-corrected chi connectivity index (χ4v) is 3.09. The highest BCUT2D eigenvalue weighted by Gasteiger charge is 2.13. The van der Waals surface area contributed by atoms with E-state index < -0.39 is 0 Å². The summed E-state index contributed by atoms with van der Waals surface area (Å²) in [5.41, 5.74) is 4.92. The third-order valence-electron chi connectivity index (χ3n) is 3.82. The summed E-state index contributed by atoms with van der Waals surface area (Å²) < 4.78 is 1.89. The van der Waals surface area contributed by atoms with E-state index in [1.165, 1.54) is 0 Å². The SMILES string of the molecule is NNC(=O)CCc1nn(Cc2ccc(Cl)cc2Cl)c2ccccc12. The van der Waals surface area contributed by atoms with E-state index in [-0.39, 0.29) is 5.91 Å². The number of nitrogens with one attached hydrogen (secondary N) is 1. The number of hydrazine groups is 1. The molecule has 0 spiro atoms. The molecule has 3 N–H and O–H groups in total. The molecule has 0 aliphatic rings. The van der Waals surface area contributed by atoms with Gasteiger partial charge in [0.1, 0.15) is 0 Å². The summed E-state index contributed by atoms with van der Waals surface area (Å²) in [5, 5.41) is 6.88. The number of rotatable bonds is 5. The van der Waals surface area contributed by atoms with Crippen LogP contribution in [0.1, 0.15) is 17.7 Å². The lowest BCUT2D eigenvalue weighted by molar-refractivity contribution is -0.121. The standard InChI is InChI=1S/C17H16Cl2N4O/c18-12-6-5-11(14(19)9-12)10-23-16-4-2-1-3-13(16)15(22-23)7-8-17(24)21-20/h1-6,9H,7-8,10,20H2,(H,21,24). The molecular formula is C17H16Cl2N4O. The number of para-hydroxylation sites is 1. The third kappa shape index (κ3) is 3.53. The zero-order valence-electron chi connectivity index (χ0n) is 12.8. The van der Waals surface area contributed by atoms with Gasteiger partial charge in [-0.2, -0.15) is 5.10 Å². The molecule has 1 aromatic heterocycles. The molecule has 1 heterocycles. The second-order valence-electron chi connectivity index (χ2n) is 5.42. The van der Waals surface area contributed by atoms with E-state index in [0.717, 1.165) is 22.2 Å². The van der Waals surface area contributed by atoms with Crippen molar-refractivity contribution >= 4 is 40.0 Å². The lowest BCUT2D eigenvalue weighted by Gasteiger charge is -2.06. The van der Waals surface area contributed by atoms with E-state index in [9.17, 15) is 4.79 Å². The molecule has 0 aliphatic carbocycles. The van der Waals surface area contributed by atoms with Gasteiger partial charge in [-0.3, -0.25) is 14.9 Å². The molecule has 0 aliphatic heterocycles. The average molecular weight is 363 g/mol. The van der Waals surface area contributed by atoms with E-state index in [2.05, 4.69) is 10.5 Å². The van der Waals surface area contributed by atoms with Gasteiger partial charge in [0.2, 0.25) is 5.91 Å². The number of hydrogen-bond acceptors (Lipinski definition) is 3. The summed E-state index contributed by atoms with van der Waals surface area (Å²) in [6.07, 6.45) is 0.810. The van der Waals surface area contributed by atoms with Gasteiger partial charge < -0.3 is 0 Å². The minimum absolute atomic E-state index is 0.214. The second-order valence-corrected chi connectivity index (χ2v) is 6.27. The van der Waals surface area contributed by atoms with Gasteiger partial charge in [-0.25, -0.2) is 5.84 Å². The van der Waals surface area contributed by atoms with E-state index in [1.54, 1.807) is 12.1 Å². The van der Waals surface area contributed by atoms with E-state index in [0.29, 0.717) is 29.4 Å². The topological polar surface area (TPSA) is 72.9 Å². The normalized spacial score (nSPS) is 11.0. The van der Waals surface area contributed by atoms with Gasteiger partial charge in [0.15, 0.2) is 0 Å². The van der Waals surface area contributed by atoms with Crippen LogP contribution in [0, 0.1) is 0 Å². The van der Waals surface area contributed by atoms with Gasteiger partial charge in [0.05, 0.1) is 17.8 Å². The van der Waals surface area contributed by atoms with Gasteiger partial charge in [0.25, 0.3) is 0 Å². The highest BCUT2D eigenvalue weighted by molar-refractivity contribution is 6.35. The molecule has 0 unspecified atom stereocenters. The molecule has 124 valence electrons. The zero-order chi connectivity index (χ0) is 17.1. The highest BCUT2D eigenvalue weighted by atomic mass is 35.5. The minimum atomic E-state index is -0.214. The monoisotopic (exact) mass is 362 g/mol. The Morgan fingerprint density at radius 2 is 2.00 bits per heavy atom. The minimum Gasteiger partial charge on any atom is -0.294 e. The van der Waals surface area contributed by atoms with Crippen LogP contribution in [0.2, 0.25) is 10.0 Å². The van der Waals surface area contributed by atoms with Crippen molar-refractivity contribution in [1.29, 1.82) is 0 Å². The smallest absolute Gasteiger partial charge is 0.234 e. The second kappa shape index (κ2) is 7.21. The van der Waals surface area contributed by atoms with Crippen molar-refractivity contribution in [2.45, 2.75) is 19.4 Å². The van der Waals surface area contributed by atoms with Crippen LogP contribution < -0.4 is 11.3 Å². The van der Waals surface area contributed by atoms with Gasteiger partial charge >= 0.3 is 0 Å². The lowest BCUT2D eigenvalue weighted by atomic mass is 10.1. The average Bonchev–Trinajstić information content (AvgIpc) is 2.93. The summed E-state index contributed by atoms with van der Waals surface area (Å²) >= 11 is 12.2. The number of carbonyl (C=O) groups excluding carboxylic acids is 1. The Bertz CT molecular complexity index is 891. The number of fused-ring (bicyclic) bond motifs is 1. The molecule has 3 aromatic rings. The number of nitrogens with two attached hydrogens (primary N) is 1. The first kappa shape index (κ1) is 16.8. The predicted octanol–water partition coefficient (Wildman–Crippen LogP) is 3.31. The van der Waals surface area contributed by atoms with Crippen molar-refractivity contribution in [1.82, 2.24) is 15.2 Å². The molecule has 5 nitrogen and oxygen atoms in total. The van der Waals surface area contributed by atoms with E-state index in [4.69, 9.17) is 29.0 Å². The molecule has 24 heavy (non-hydrogen) atoms. The van der Waals surface area contributed by atoms with Crippen LogP contribution in [-0.2, 0) is 17.8 Å². The maximum absolute atomic E-state index is 11.4. The van der Waals surface area contributed by atoms with Gasteiger partial charge in [0, 0.05) is 28.3 Å². The van der Waals surface area contributed by atoms with Crippen LogP contribution in [0.15, 0.2) is 42.5 Å². The molecule has 0 saturated heterocycles. The Morgan fingerprint density at radius 1 is 1.21 bits per heavy atom. The molecule has 0 radical (unpaired) electrons. The number of aryl methyl sites for hydroxylation is 1. The Kier molecular flexibility index (Phi) is 5.04. The molecule has 0 saturated carbocycles. The maximum atomic E-state index is 11.4. The number of hydrogen-bond donors (Lipinski definition) is 2. The third-order valence-corrected chi connectivity index (χ3v) is 4.41. The lowest BCUT2D eigenvalue weighted by Crippen LogP contribution is -2.30. The molecule has 3 rings (SSSR count). The first-order valence-corrected chi connectivity index (χ1v) is 8.22. The maximum Gasteiger partial charge on any atom is 0.234 e. The molecule has 1 amide bonds. The fraction of sp³-hybridized carbons (Fsp3) is 0.176. The molecule has 0 atom stereocenters. The summed E-state index contributed by atoms with van der Waals surface area (Å²) in [5.74, 6) is 4.92. The van der Waals surface area contributed by atoms with Gasteiger partial charge in [-0.15, -0.1) is 0 Å². The first-order chi connectivity index (χ1) is 11.6. The van der Waals surface area contributed by atoms with Crippen LogP contribution in [0.5, 0.6) is 0 Å². The highest BCUT2D eigenvalue weighted by Crippen LogP contribution is 2.25. The largest absolute Gasteiger partial charge is 0.294 e. The van der Waals surface area contributed by atoms with Crippen molar-refractivity contribution in [2.75, 3.05) is 0 Å². The molecule has 2 aromatic carbocycles. The Balaban J connectivity index is 1.94. The van der Waals surface area contributed by atoms with Crippen LogP contribution in [0.3, 0.4) is 0 Å². The zero-order valence-corrected chi connectivity index (χ0v) is 14.3. The van der Waals surface area contributed by atoms with Crippen molar-refractivity contribution in [3.8, 4) is 0 Å². The molecule has 0 fully saturated rings. The molecular weight excluding hydrogens is 347 g/mol. The summed E-state index contributed by atoms with van der Waals surface area (Å²) in [7, 11) is 0. The van der Waals surface area contributed by atoms with Gasteiger partial charge in [-0.05, 0) is 23.8 Å². The van der Waals surface area contributed by atoms with Gasteiger partial charge in [-0.1, -0.05) is 47.5 Å². The quantitative estimate of drug-likeness (QED) is 0.415. The van der Waals surface area contributed by atoms with Crippen LogP contribution in [0.4, 0.5) is 0 Å². The first-order valence-electron chi connectivity index (χ1n) is 7.46. The number of halogens is 2. The summed E-state index contributed by atoms with van der Waals surface area (Å²) in [4.78, 5) is 11.4. The summed E-state index contributed by atoms with van der Waals surface area (Å²) in [6, 6.07) is 13.3. The number of carbonyl (C=O) groups is 1. The Labute approximate surface area is 149 Å². The fourth-order valence-electron chi connectivity index (χ4n) is 2.62. The number of aromatic nitrogens is 2. The Morgan fingerprint density at radius 3 is 2.75 bits per heavy atom. The van der Waals surface area contributed by atoms with E-state index >= 15 is 0 Å². The molecule has 7 heteroatoms. The van der Waals surface area contributed by atoms with Crippen molar-refractivity contribution in [3.63, 3.8) is 0 Å². The van der Waals surface area contributed by atoms with E-state index in [1.807, 2.05) is 35.0 Å². The Hall–Kier alpha value is -2.08. The number of amides is 1. The van der Waals surface area contributed by atoms with Crippen molar-refractivity contribution in [2.24, 2.45) is 5.84 Å². The summed E-state index contributed by atoms with van der Waals surface area (Å²) in [6.45, 7) is 0.527. The predicted molar refractivity (Wildman–Crippen MR) is 95.9 cm³/mol. The van der Waals surface area contributed by atoms with Crippen LogP contribution >= 0.6 is 23.2 Å². The molecule has 0 bridgehead atoms. The van der Waals surface area contributed by atoms with Crippen molar-refractivity contribution in [3.05, 3.63) is 63.8 Å².